The zero-order valence-corrected chi connectivity index (χ0v) is 16.2. The quantitative estimate of drug-likeness (QED) is 0.810. The number of hydrogen-bond acceptors (Lipinski definition) is 4. The Morgan fingerprint density at radius 2 is 2.12 bits per heavy atom. The van der Waals surface area contributed by atoms with Gasteiger partial charge in [0.2, 0.25) is 5.91 Å². The number of benzene rings is 1. The third-order valence-corrected chi connectivity index (χ3v) is 4.79. The van der Waals surface area contributed by atoms with Gasteiger partial charge in [-0.2, -0.15) is 0 Å². The number of hydrogen-bond donors (Lipinski definition) is 1. The zero-order chi connectivity index (χ0) is 19.1. The summed E-state index contributed by atoms with van der Waals surface area (Å²) in [6.07, 6.45) is 2.66. The summed E-state index contributed by atoms with van der Waals surface area (Å²) in [5.74, 6) is -0.436. The van der Waals surface area contributed by atoms with Crippen molar-refractivity contribution in [3.05, 3.63) is 29.3 Å². The van der Waals surface area contributed by atoms with Crippen molar-refractivity contribution in [1.29, 1.82) is 0 Å². The molecule has 144 valence electrons. The van der Waals surface area contributed by atoms with E-state index < -0.39 is 6.10 Å². The number of amides is 2. The predicted octanol–water partition coefficient (Wildman–Crippen LogP) is 2.67. The fourth-order valence-corrected chi connectivity index (χ4v) is 2.94. The third-order valence-electron chi connectivity index (χ3n) is 4.79. The summed E-state index contributed by atoms with van der Waals surface area (Å²) >= 11 is 0. The van der Waals surface area contributed by atoms with E-state index in [0.29, 0.717) is 6.61 Å². The minimum absolute atomic E-state index is 0.0140. The first-order chi connectivity index (χ1) is 12.4. The van der Waals surface area contributed by atoms with Crippen molar-refractivity contribution in [3.8, 4) is 0 Å². The van der Waals surface area contributed by atoms with Crippen LogP contribution in [0.5, 0.6) is 0 Å². The summed E-state index contributed by atoms with van der Waals surface area (Å²) in [5, 5.41) is 2.87. The van der Waals surface area contributed by atoms with Crippen LogP contribution < -0.4 is 5.32 Å². The molecule has 1 aromatic carbocycles. The maximum Gasteiger partial charge on any atom is 0.251 e. The molecule has 26 heavy (non-hydrogen) atoms. The van der Waals surface area contributed by atoms with Gasteiger partial charge in [0.05, 0.1) is 19.3 Å². The smallest absolute Gasteiger partial charge is 0.251 e. The number of rotatable bonds is 7. The maximum atomic E-state index is 12.4. The van der Waals surface area contributed by atoms with E-state index in [0.717, 1.165) is 42.7 Å². The van der Waals surface area contributed by atoms with Gasteiger partial charge in [0, 0.05) is 19.3 Å². The molecule has 1 N–H and O–H groups in total. The number of nitrogens with one attached hydrogen (secondary N) is 1. The summed E-state index contributed by atoms with van der Waals surface area (Å²) in [6, 6.07) is 5.75. The van der Waals surface area contributed by atoms with Gasteiger partial charge in [-0.25, -0.2) is 0 Å². The van der Waals surface area contributed by atoms with Crippen LogP contribution in [0.2, 0.25) is 0 Å². The average Bonchev–Trinajstić information content (AvgIpc) is 2.63. The molecule has 0 saturated carbocycles. The van der Waals surface area contributed by atoms with E-state index in [1.165, 1.54) is 4.90 Å². The van der Waals surface area contributed by atoms with E-state index >= 15 is 0 Å². The highest BCUT2D eigenvalue weighted by molar-refractivity contribution is 5.95. The molecule has 0 bridgehead atoms. The first-order valence-electron chi connectivity index (χ1n) is 9.22. The molecule has 6 heteroatoms. The van der Waals surface area contributed by atoms with Crippen molar-refractivity contribution in [1.82, 2.24) is 4.90 Å². The van der Waals surface area contributed by atoms with Crippen molar-refractivity contribution < 1.29 is 19.1 Å². The molecule has 0 aromatic heterocycles. The van der Waals surface area contributed by atoms with Crippen molar-refractivity contribution in [2.75, 3.05) is 32.1 Å². The molecule has 2 unspecified atom stereocenters. The first-order valence-corrected chi connectivity index (χ1v) is 9.22. The molecular formula is C20H30N2O4. The van der Waals surface area contributed by atoms with Gasteiger partial charge in [-0.15, -0.1) is 0 Å². The predicted molar refractivity (Wildman–Crippen MR) is 101 cm³/mol. The van der Waals surface area contributed by atoms with Gasteiger partial charge in [-0.3, -0.25) is 9.59 Å². The van der Waals surface area contributed by atoms with Crippen molar-refractivity contribution in [3.63, 3.8) is 0 Å². The SMILES string of the molecule is Cc1cccc(NC(=O)CN(C)C(=O)C(C)OCC2CCCCO2)c1C. The minimum atomic E-state index is -0.598. The molecule has 2 amide bonds. The number of ether oxygens (including phenoxy) is 2. The van der Waals surface area contributed by atoms with Crippen LogP contribution in [-0.4, -0.2) is 55.7 Å². The molecule has 2 rings (SSSR count). The molecule has 1 saturated heterocycles. The van der Waals surface area contributed by atoms with Crippen LogP contribution in [0, 0.1) is 13.8 Å². The van der Waals surface area contributed by atoms with Gasteiger partial charge in [0.1, 0.15) is 6.10 Å². The fraction of sp³-hybridized carbons (Fsp3) is 0.600. The van der Waals surface area contributed by atoms with Crippen LogP contribution in [0.1, 0.15) is 37.3 Å². The van der Waals surface area contributed by atoms with Crippen LogP contribution in [-0.2, 0) is 19.1 Å². The number of nitrogens with zero attached hydrogens (tertiary/aromatic N) is 1. The molecule has 1 aromatic rings. The number of carbonyl (C=O) groups is 2. The molecule has 6 nitrogen and oxygen atoms in total. The molecule has 1 aliphatic heterocycles. The van der Waals surface area contributed by atoms with Crippen molar-refractivity contribution in [2.45, 2.75) is 52.2 Å². The van der Waals surface area contributed by atoms with E-state index in [-0.39, 0.29) is 24.5 Å². The topological polar surface area (TPSA) is 67.9 Å². The molecule has 1 fully saturated rings. The molecule has 0 radical (unpaired) electrons. The highest BCUT2D eigenvalue weighted by Crippen LogP contribution is 2.18. The summed E-state index contributed by atoms with van der Waals surface area (Å²) in [7, 11) is 1.61. The van der Waals surface area contributed by atoms with Crippen molar-refractivity contribution in [2.24, 2.45) is 0 Å². The number of aryl methyl sites for hydroxylation is 1. The fourth-order valence-electron chi connectivity index (χ4n) is 2.94. The van der Waals surface area contributed by atoms with Crippen LogP contribution in [0.3, 0.4) is 0 Å². The van der Waals surface area contributed by atoms with E-state index in [1.807, 2.05) is 32.0 Å². The van der Waals surface area contributed by atoms with E-state index in [1.54, 1.807) is 14.0 Å². The summed E-state index contributed by atoms with van der Waals surface area (Å²) < 4.78 is 11.3. The average molecular weight is 362 g/mol. The van der Waals surface area contributed by atoms with Gasteiger partial charge in [0.25, 0.3) is 5.91 Å². The van der Waals surface area contributed by atoms with Gasteiger partial charge in [0.15, 0.2) is 0 Å². The summed E-state index contributed by atoms with van der Waals surface area (Å²) in [4.78, 5) is 26.1. The lowest BCUT2D eigenvalue weighted by atomic mass is 10.1. The number of carbonyl (C=O) groups excluding carboxylic acids is 2. The molecule has 1 aliphatic rings. The standard InChI is InChI=1S/C20H30N2O4/c1-14-8-7-10-18(15(14)2)21-19(23)12-22(4)20(24)16(3)26-13-17-9-5-6-11-25-17/h7-8,10,16-17H,5-6,9,11-13H2,1-4H3,(H,21,23). The Bertz CT molecular complexity index is 626. The first kappa shape index (κ1) is 20.4. The second-order valence-electron chi connectivity index (χ2n) is 6.95. The van der Waals surface area contributed by atoms with Crippen LogP contribution in [0.25, 0.3) is 0 Å². The van der Waals surface area contributed by atoms with Gasteiger partial charge < -0.3 is 19.7 Å². The molecule has 1 heterocycles. The number of anilines is 1. The molecular weight excluding hydrogens is 332 g/mol. The van der Waals surface area contributed by atoms with E-state index in [9.17, 15) is 9.59 Å². The lowest BCUT2D eigenvalue weighted by molar-refractivity contribution is -0.146. The Morgan fingerprint density at radius 3 is 2.81 bits per heavy atom. The van der Waals surface area contributed by atoms with Crippen molar-refractivity contribution >= 4 is 17.5 Å². The Labute approximate surface area is 155 Å². The van der Waals surface area contributed by atoms with Gasteiger partial charge in [-0.05, 0) is 57.2 Å². The third kappa shape index (κ3) is 5.81. The van der Waals surface area contributed by atoms with Crippen LogP contribution >= 0.6 is 0 Å². The normalized spacial score (nSPS) is 18.2. The van der Waals surface area contributed by atoms with Crippen LogP contribution in [0.15, 0.2) is 18.2 Å². The Kier molecular flexibility index (Phi) is 7.60. The molecule has 0 aliphatic carbocycles. The second kappa shape index (κ2) is 9.69. The van der Waals surface area contributed by atoms with Gasteiger partial charge >= 0.3 is 0 Å². The van der Waals surface area contributed by atoms with E-state index in [2.05, 4.69) is 5.32 Å². The summed E-state index contributed by atoms with van der Waals surface area (Å²) in [5.41, 5.74) is 2.91. The largest absolute Gasteiger partial charge is 0.376 e. The Morgan fingerprint density at radius 1 is 1.35 bits per heavy atom. The maximum absolute atomic E-state index is 12.4. The summed E-state index contributed by atoms with van der Waals surface area (Å²) in [6.45, 7) is 6.83. The Hall–Kier alpha value is -1.92. The Balaban J connectivity index is 1.79. The monoisotopic (exact) mass is 362 g/mol. The minimum Gasteiger partial charge on any atom is -0.376 e. The highest BCUT2D eigenvalue weighted by atomic mass is 16.5. The van der Waals surface area contributed by atoms with Gasteiger partial charge in [-0.1, -0.05) is 12.1 Å². The lowest BCUT2D eigenvalue weighted by Gasteiger charge is -2.25. The van der Waals surface area contributed by atoms with Crippen LogP contribution in [0.4, 0.5) is 5.69 Å². The highest BCUT2D eigenvalue weighted by Gasteiger charge is 2.22. The zero-order valence-electron chi connectivity index (χ0n) is 16.2. The van der Waals surface area contributed by atoms with E-state index in [4.69, 9.17) is 9.47 Å². The number of likely N-dealkylation sites (N-methyl/N-ethyl adjacent to an activating group) is 1. The second-order valence-corrected chi connectivity index (χ2v) is 6.95. The lowest BCUT2D eigenvalue weighted by Crippen LogP contribution is -2.41. The molecule has 0 spiro atoms. The molecule has 2 atom stereocenters.